The fourth-order valence-electron chi connectivity index (χ4n) is 2.87. The van der Waals surface area contributed by atoms with E-state index in [0.29, 0.717) is 10.9 Å². The molecule has 0 aliphatic carbocycles. The van der Waals surface area contributed by atoms with Gasteiger partial charge >= 0.3 is 0 Å². The molecule has 7 heteroatoms. The van der Waals surface area contributed by atoms with Crippen molar-refractivity contribution in [2.45, 2.75) is 11.7 Å². The zero-order valence-corrected chi connectivity index (χ0v) is 15.7. The first-order chi connectivity index (χ1) is 13.7. The summed E-state index contributed by atoms with van der Waals surface area (Å²) in [5, 5.41) is 11.9. The molecular weight excluding hydrogens is 372 g/mol. The van der Waals surface area contributed by atoms with Crippen LogP contribution in [-0.2, 0) is 9.59 Å². The van der Waals surface area contributed by atoms with E-state index in [1.807, 2.05) is 72.8 Å². The molecule has 6 nitrogen and oxygen atoms in total. The van der Waals surface area contributed by atoms with E-state index in [1.54, 1.807) is 0 Å². The summed E-state index contributed by atoms with van der Waals surface area (Å²) in [5.41, 5.74) is 4.43. The van der Waals surface area contributed by atoms with Crippen LogP contribution in [0.25, 0.3) is 10.8 Å². The van der Waals surface area contributed by atoms with E-state index in [0.717, 1.165) is 16.5 Å². The number of amides is 2. The number of hydrogen-bond acceptors (Lipinski definition) is 5. The maximum Gasteiger partial charge on any atom is 0.240 e. The van der Waals surface area contributed by atoms with E-state index in [2.05, 4.69) is 21.2 Å². The predicted octanol–water partition coefficient (Wildman–Crippen LogP) is 3.78. The molecule has 4 rings (SSSR count). The molecule has 0 unspecified atom stereocenters. The summed E-state index contributed by atoms with van der Waals surface area (Å²) in [6, 6.07) is 23.1. The molecule has 0 aromatic heterocycles. The van der Waals surface area contributed by atoms with Crippen molar-refractivity contribution in [2.24, 2.45) is 5.10 Å². The number of benzene rings is 3. The summed E-state index contributed by atoms with van der Waals surface area (Å²) in [5.74, 6) is -0.424. The Morgan fingerprint density at radius 1 is 0.964 bits per heavy atom. The zero-order chi connectivity index (χ0) is 19.3. The van der Waals surface area contributed by atoms with Gasteiger partial charge in [0.2, 0.25) is 11.8 Å². The summed E-state index contributed by atoms with van der Waals surface area (Å²) in [6.45, 7) is 0. The van der Waals surface area contributed by atoms with Crippen molar-refractivity contribution in [3.05, 3.63) is 72.8 Å². The Bertz CT molecular complexity index is 1050. The number of fused-ring (bicyclic) bond motifs is 1. The molecular formula is C21H18N4O2S. The third-order valence-corrected chi connectivity index (χ3v) is 5.32. The SMILES string of the molecule is O=C(C[C@H]1S/C(=N/Nc2ccccc2)NC1=O)Nc1ccc2ccccc2c1. The van der Waals surface area contributed by atoms with Crippen LogP contribution in [0.5, 0.6) is 0 Å². The monoisotopic (exact) mass is 390 g/mol. The van der Waals surface area contributed by atoms with Crippen LogP contribution in [0.3, 0.4) is 0 Å². The Kier molecular flexibility index (Phi) is 5.25. The van der Waals surface area contributed by atoms with Crippen LogP contribution < -0.4 is 16.1 Å². The molecule has 0 bridgehead atoms. The first kappa shape index (κ1) is 18.1. The van der Waals surface area contributed by atoms with Gasteiger partial charge in [0.25, 0.3) is 0 Å². The number of para-hydroxylation sites is 1. The lowest BCUT2D eigenvalue weighted by Crippen LogP contribution is -2.28. The number of nitrogens with zero attached hydrogens (tertiary/aromatic N) is 1. The van der Waals surface area contributed by atoms with Crippen LogP contribution in [0.4, 0.5) is 11.4 Å². The second-order valence-corrected chi connectivity index (χ2v) is 7.50. The lowest BCUT2D eigenvalue weighted by Gasteiger charge is -2.08. The van der Waals surface area contributed by atoms with E-state index in [1.165, 1.54) is 11.8 Å². The Morgan fingerprint density at radius 2 is 1.71 bits per heavy atom. The predicted molar refractivity (Wildman–Crippen MR) is 114 cm³/mol. The lowest BCUT2D eigenvalue weighted by atomic mass is 10.1. The molecule has 1 atom stereocenters. The van der Waals surface area contributed by atoms with E-state index < -0.39 is 5.25 Å². The van der Waals surface area contributed by atoms with E-state index in [4.69, 9.17) is 0 Å². The van der Waals surface area contributed by atoms with Crippen molar-refractivity contribution in [1.82, 2.24) is 5.32 Å². The van der Waals surface area contributed by atoms with E-state index >= 15 is 0 Å². The molecule has 0 saturated carbocycles. The minimum atomic E-state index is -0.503. The number of thioether (sulfide) groups is 1. The first-order valence-corrected chi connectivity index (χ1v) is 9.70. The van der Waals surface area contributed by atoms with Gasteiger partial charge in [0.05, 0.1) is 5.69 Å². The largest absolute Gasteiger partial charge is 0.326 e. The van der Waals surface area contributed by atoms with Crippen molar-refractivity contribution in [3.8, 4) is 0 Å². The third-order valence-electron chi connectivity index (χ3n) is 4.24. The molecule has 1 fully saturated rings. The number of carbonyl (C=O) groups excluding carboxylic acids is 2. The van der Waals surface area contributed by atoms with Crippen LogP contribution in [-0.4, -0.2) is 22.2 Å². The highest BCUT2D eigenvalue weighted by Crippen LogP contribution is 2.24. The number of rotatable bonds is 5. The highest BCUT2D eigenvalue weighted by molar-refractivity contribution is 8.15. The van der Waals surface area contributed by atoms with Crippen molar-refractivity contribution in [3.63, 3.8) is 0 Å². The number of hydrogen-bond donors (Lipinski definition) is 3. The highest BCUT2D eigenvalue weighted by atomic mass is 32.2. The molecule has 28 heavy (non-hydrogen) atoms. The van der Waals surface area contributed by atoms with Gasteiger partial charge in [-0.05, 0) is 35.0 Å². The summed E-state index contributed by atoms with van der Waals surface area (Å²) in [6.07, 6.45) is 0.0771. The summed E-state index contributed by atoms with van der Waals surface area (Å²) in [4.78, 5) is 24.5. The lowest BCUT2D eigenvalue weighted by molar-refractivity contribution is -0.122. The van der Waals surface area contributed by atoms with E-state index in [-0.39, 0.29) is 18.2 Å². The zero-order valence-electron chi connectivity index (χ0n) is 14.9. The van der Waals surface area contributed by atoms with Gasteiger partial charge in [0, 0.05) is 12.1 Å². The summed E-state index contributed by atoms with van der Waals surface area (Å²) < 4.78 is 0. The third kappa shape index (κ3) is 4.32. The molecule has 3 aromatic carbocycles. The molecule has 140 valence electrons. The molecule has 2 amide bonds. The molecule has 0 spiro atoms. The molecule has 0 radical (unpaired) electrons. The summed E-state index contributed by atoms with van der Waals surface area (Å²) >= 11 is 1.25. The average Bonchev–Trinajstić information content (AvgIpc) is 3.06. The Balaban J connectivity index is 1.35. The fraction of sp³-hybridized carbons (Fsp3) is 0.0952. The second-order valence-electron chi connectivity index (χ2n) is 6.30. The van der Waals surface area contributed by atoms with Crippen LogP contribution in [0.2, 0.25) is 0 Å². The number of anilines is 2. The highest BCUT2D eigenvalue weighted by Gasteiger charge is 2.32. The molecule has 1 heterocycles. The quantitative estimate of drug-likeness (QED) is 0.579. The second kappa shape index (κ2) is 8.14. The molecule has 1 aliphatic heterocycles. The molecule has 3 aromatic rings. The van der Waals surface area contributed by atoms with Gasteiger partial charge in [-0.2, -0.15) is 0 Å². The maximum absolute atomic E-state index is 12.4. The average molecular weight is 390 g/mol. The van der Waals surface area contributed by atoms with Gasteiger partial charge < -0.3 is 10.6 Å². The van der Waals surface area contributed by atoms with Gasteiger partial charge in [-0.1, -0.05) is 60.3 Å². The van der Waals surface area contributed by atoms with Crippen molar-refractivity contribution in [1.29, 1.82) is 0 Å². The van der Waals surface area contributed by atoms with Gasteiger partial charge in [0.15, 0.2) is 5.17 Å². The van der Waals surface area contributed by atoms with Gasteiger partial charge in [0.1, 0.15) is 5.25 Å². The van der Waals surface area contributed by atoms with Crippen molar-refractivity contribution < 1.29 is 9.59 Å². The van der Waals surface area contributed by atoms with Crippen LogP contribution in [0.15, 0.2) is 77.9 Å². The summed E-state index contributed by atoms with van der Waals surface area (Å²) in [7, 11) is 0. The number of amidine groups is 1. The van der Waals surface area contributed by atoms with Crippen molar-refractivity contribution >= 4 is 50.9 Å². The molecule has 1 saturated heterocycles. The maximum atomic E-state index is 12.4. The standard InChI is InChI=1S/C21H18N4O2S/c26-19(22-17-11-10-14-6-4-5-7-15(14)12-17)13-18-20(27)23-21(28-18)25-24-16-8-2-1-3-9-16/h1-12,18,24H,13H2,(H,22,26)(H,23,25,27)/t18-/m1/s1. The Labute approximate surface area is 166 Å². The topological polar surface area (TPSA) is 82.6 Å². The number of hydrazone groups is 1. The molecule has 3 N–H and O–H groups in total. The Morgan fingerprint density at radius 3 is 2.54 bits per heavy atom. The van der Waals surface area contributed by atoms with Gasteiger partial charge in [-0.25, -0.2) is 0 Å². The first-order valence-electron chi connectivity index (χ1n) is 8.82. The van der Waals surface area contributed by atoms with Crippen molar-refractivity contribution in [2.75, 3.05) is 10.7 Å². The minimum Gasteiger partial charge on any atom is -0.326 e. The number of nitrogens with one attached hydrogen (secondary N) is 3. The number of carbonyl (C=O) groups is 2. The molecule has 1 aliphatic rings. The minimum absolute atomic E-state index is 0.0771. The normalized spacial score (nSPS) is 17.5. The smallest absolute Gasteiger partial charge is 0.240 e. The Hall–Kier alpha value is -3.32. The van der Waals surface area contributed by atoms with Gasteiger partial charge in [-0.15, -0.1) is 5.10 Å². The van der Waals surface area contributed by atoms with Crippen LogP contribution in [0.1, 0.15) is 6.42 Å². The van der Waals surface area contributed by atoms with E-state index in [9.17, 15) is 9.59 Å². The van der Waals surface area contributed by atoms with Gasteiger partial charge in [-0.3, -0.25) is 15.0 Å². The van der Waals surface area contributed by atoms with Crippen LogP contribution in [0, 0.1) is 0 Å². The fourth-order valence-corrected chi connectivity index (χ4v) is 3.80. The van der Waals surface area contributed by atoms with Crippen LogP contribution >= 0.6 is 11.8 Å².